The zero-order valence-electron chi connectivity index (χ0n) is 11.9. The van der Waals surface area contributed by atoms with E-state index in [-0.39, 0.29) is 17.7 Å². The van der Waals surface area contributed by atoms with Gasteiger partial charge in [-0.25, -0.2) is 0 Å². The average Bonchev–Trinajstić information content (AvgIpc) is 3.04. The summed E-state index contributed by atoms with van der Waals surface area (Å²) in [6.07, 6.45) is 4.28. The Bertz CT molecular complexity index is 332. The third-order valence-corrected chi connectivity index (χ3v) is 5.20. The van der Waals surface area contributed by atoms with Gasteiger partial charge in [-0.05, 0) is 37.5 Å². The quantitative estimate of drug-likeness (QED) is 0.737. The van der Waals surface area contributed by atoms with Gasteiger partial charge in [0.05, 0.1) is 25.7 Å². The van der Waals surface area contributed by atoms with Gasteiger partial charge in [0, 0.05) is 12.8 Å². The first-order valence-corrected chi connectivity index (χ1v) is 7.58. The summed E-state index contributed by atoms with van der Waals surface area (Å²) in [5.41, 5.74) is 0. The van der Waals surface area contributed by atoms with E-state index in [4.69, 9.17) is 14.2 Å². The first kappa shape index (κ1) is 13.4. The molecule has 0 amide bonds. The highest BCUT2D eigenvalue weighted by molar-refractivity contribution is 5.72. The standard InChI is InChI=1S/C15H24O4/c1-3-17-14(16)10(2)11-6-12-8-15(9-13(12)7-11)18-4-5-19-15/h10-13H,3-9H2,1-2H3/t10?,11?,12-,13?/m0/s1. The SMILES string of the molecule is CCOC(=O)C(C)C1CC2CC3(C[C@@H]2C1)OCCO3. The van der Waals surface area contributed by atoms with Crippen molar-refractivity contribution in [2.45, 2.75) is 45.3 Å². The monoisotopic (exact) mass is 268 g/mol. The lowest BCUT2D eigenvalue weighted by atomic mass is 9.89. The number of carbonyl (C=O) groups excluding carboxylic acids is 1. The Hall–Kier alpha value is -0.610. The lowest BCUT2D eigenvalue weighted by molar-refractivity contribution is -0.157. The third-order valence-electron chi connectivity index (χ3n) is 5.20. The summed E-state index contributed by atoms with van der Waals surface area (Å²) in [4.78, 5) is 11.8. The molecule has 4 heteroatoms. The van der Waals surface area contributed by atoms with E-state index in [9.17, 15) is 4.79 Å². The minimum Gasteiger partial charge on any atom is -0.466 e. The summed E-state index contributed by atoms with van der Waals surface area (Å²) in [7, 11) is 0. The molecule has 1 saturated heterocycles. The highest BCUT2D eigenvalue weighted by Gasteiger charge is 2.53. The molecule has 3 fully saturated rings. The summed E-state index contributed by atoms with van der Waals surface area (Å²) in [5.74, 6) is 1.54. The van der Waals surface area contributed by atoms with Crippen LogP contribution in [0.4, 0.5) is 0 Å². The summed E-state index contributed by atoms with van der Waals surface area (Å²) in [6, 6.07) is 0. The Morgan fingerprint density at radius 3 is 2.37 bits per heavy atom. The Labute approximate surface area is 114 Å². The molecule has 19 heavy (non-hydrogen) atoms. The maximum Gasteiger partial charge on any atom is 0.308 e. The number of ether oxygens (including phenoxy) is 3. The molecule has 4 nitrogen and oxygen atoms in total. The molecule has 3 rings (SSSR count). The van der Waals surface area contributed by atoms with E-state index in [0.717, 1.165) is 38.9 Å². The number of hydrogen-bond acceptors (Lipinski definition) is 4. The smallest absolute Gasteiger partial charge is 0.308 e. The molecule has 2 saturated carbocycles. The van der Waals surface area contributed by atoms with Crippen molar-refractivity contribution in [1.29, 1.82) is 0 Å². The van der Waals surface area contributed by atoms with E-state index < -0.39 is 0 Å². The molecule has 0 bridgehead atoms. The van der Waals surface area contributed by atoms with Crippen LogP contribution in [-0.2, 0) is 19.0 Å². The van der Waals surface area contributed by atoms with Gasteiger partial charge in [-0.2, -0.15) is 0 Å². The van der Waals surface area contributed by atoms with E-state index in [0.29, 0.717) is 24.4 Å². The van der Waals surface area contributed by atoms with Crippen molar-refractivity contribution in [2.24, 2.45) is 23.7 Å². The maximum absolute atomic E-state index is 11.8. The van der Waals surface area contributed by atoms with Crippen LogP contribution in [0, 0.1) is 23.7 Å². The van der Waals surface area contributed by atoms with Gasteiger partial charge in [0.2, 0.25) is 0 Å². The second kappa shape index (κ2) is 5.06. The second-order valence-electron chi connectivity index (χ2n) is 6.31. The van der Waals surface area contributed by atoms with Crippen LogP contribution < -0.4 is 0 Å². The predicted octanol–water partition coefficient (Wildman–Crippen LogP) is 2.36. The van der Waals surface area contributed by atoms with E-state index in [1.54, 1.807) is 0 Å². The van der Waals surface area contributed by atoms with E-state index in [1.807, 2.05) is 13.8 Å². The Kier molecular flexibility index (Phi) is 3.56. The predicted molar refractivity (Wildman–Crippen MR) is 69.4 cm³/mol. The van der Waals surface area contributed by atoms with Crippen LogP contribution in [0.25, 0.3) is 0 Å². The van der Waals surface area contributed by atoms with Crippen LogP contribution in [0.5, 0.6) is 0 Å². The van der Waals surface area contributed by atoms with Crippen molar-refractivity contribution < 1.29 is 19.0 Å². The molecule has 1 heterocycles. The Morgan fingerprint density at radius 2 is 1.84 bits per heavy atom. The average molecular weight is 268 g/mol. The lowest BCUT2D eigenvalue weighted by Gasteiger charge is -2.25. The third kappa shape index (κ3) is 2.40. The number of hydrogen-bond donors (Lipinski definition) is 0. The maximum atomic E-state index is 11.8. The molecule has 0 radical (unpaired) electrons. The molecule has 3 unspecified atom stereocenters. The fraction of sp³-hybridized carbons (Fsp3) is 0.933. The van der Waals surface area contributed by atoms with Crippen LogP contribution in [0.2, 0.25) is 0 Å². The normalized spacial score (nSPS) is 37.5. The first-order valence-electron chi connectivity index (χ1n) is 7.58. The Morgan fingerprint density at radius 1 is 1.26 bits per heavy atom. The van der Waals surface area contributed by atoms with Crippen LogP contribution in [0.15, 0.2) is 0 Å². The Balaban J connectivity index is 1.57. The summed E-state index contributed by atoms with van der Waals surface area (Å²) >= 11 is 0. The van der Waals surface area contributed by atoms with Crippen LogP contribution >= 0.6 is 0 Å². The summed E-state index contributed by atoms with van der Waals surface area (Å²) < 4.78 is 16.8. The largest absolute Gasteiger partial charge is 0.466 e. The van der Waals surface area contributed by atoms with Gasteiger partial charge in [-0.3, -0.25) is 4.79 Å². The van der Waals surface area contributed by atoms with Crippen molar-refractivity contribution in [3.8, 4) is 0 Å². The molecule has 0 aromatic heterocycles. The van der Waals surface area contributed by atoms with Crippen molar-refractivity contribution in [3.63, 3.8) is 0 Å². The second-order valence-corrected chi connectivity index (χ2v) is 6.31. The minimum absolute atomic E-state index is 0.0319. The molecule has 0 aromatic rings. The summed E-state index contributed by atoms with van der Waals surface area (Å²) in [6.45, 7) is 5.84. The molecule has 4 atom stereocenters. The molecular formula is C15H24O4. The minimum atomic E-state index is -0.270. The number of rotatable bonds is 3. The van der Waals surface area contributed by atoms with Crippen LogP contribution in [-0.4, -0.2) is 31.6 Å². The van der Waals surface area contributed by atoms with E-state index in [1.165, 1.54) is 0 Å². The molecule has 1 aliphatic heterocycles. The highest BCUT2D eigenvalue weighted by Crippen LogP contribution is 2.55. The van der Waals surface area contributed by atoms with Gasteiger partial charge in [0.15, 0.2) is 5.79 Å². The van der Waals surface area contributed by atoms with Gasteiger partial charge < -0.3 is 14.2 Å². The molecule has 3 aliphatic rings. The first-order chi connectivity index (χ1) is 9.13. The van der Waals surface area contributed by atoms with Crippen molar-refractivity contribution in [1.82, 2.24) is 0 Å². The zero-order chi connectivity index (χ0) is 13.5. The molecule has 2 aliphatic carbocycles. The van der Waals surface area contributed by atoms with Gasteiger partial charge >= 0.3 is 5.97 Å². The summed E-state index contributed by atoms with van der Waals surface area (Å²) in [5, 5.41) is 0. The number of fused-ring (bicyclic) bond motifs is 1. The molecule has 1 spiro atoms. The number of carbonyl (C=O) groups is 1. The van der Waals surface area contributed by atoms with E-state index >= 15 is 0 Å². The zero-order valence-corrected chi connectivity index (χ0v) is 11.9. The highest BCUT2D eigenvalue weighted by atomic mass is 16.7. The lowest BCUT2D eigenvalue weighted by Crippen LogP contribution is -2.28. The fourth-order valence-electron chi connectivity index (χ4n) is 4.25. The number of esters is 1. The topological polar surface area (TPSA) is 44.8 Å². The van der Waals surface area contributed by atoms with Crippen molar-refractivity contribution in [2.75, 3.05) is 19.8 Å². The molecule has 0 aromatic carbocycles. The van der Waals surface area contributed by atoms with Crippen LogP contribution in [0.1, 0.15) is 39.5 Å². The van der Waals surface area contributed by atoms with Crippen molar-refractivity contribution >= 4 is 5.97 Å². The van der Waals surface area contributed by atoms with Gasteiger partial charge in [0.25, 0.3) is 0 Å². The fourth-order valence-corrected chi connectivity index (χ4v) is 4.25. The van der Waals surface area contributed by atoms with Crippen LogP contribution in [0.3, 0.4) is 0 Å². The van der Waals surface area contributed by atoms with Gasteiger partial charge in [0.1, 0.15) is 0 Å². The molecule has 108 valence electrons. The van der Waals surface area contributed by atoms with Gasteiger partial charge in [-0.1, -0.05) is 6.92 Å². The van der Waals surface area contributed by atoms with Gasteiger partial charge in [-0.15, -0.1) is 0 Å². The molecule has 0 N–H and O–H groups in total. The molecular weight excluding hydrogens is 244 g/mol. The van der Waals surface area contributed by atoms with E-state index in [2.05, 4.69) is 0 Å². The van der Waals surface area contributed by atoms with Crippen molar-refractivity contribution in [3.05, 3.63) is 0 Å².